The predicted octanol–water partition coefficient (Wildman–Crippen LogP) is 3.52. The molecule has 2 N–H and O–H groups in total. The van der Waals surface area contributed by atoms with E-state index in [-0.39, 0.29) is 5.91 Å². The van der Waals surface area contributed by atoms with Crippen molar-refractivity contribution in [3.63, 3.8) is 0 Å². The number of aromatic amines is 1. The zero-order chi connectivity index (χ0) is 16.4. The molecule has 0 bridgehead atoms. The number of carbonyl (C=O) groups is 2. The zero-order valence-electron chi connectivity index (χ0n) is 12.8. The standard InChI is InChI=1S/C18H16N2O3/c1-11-14-5-3-4-6-15(14)20-16(11)17(21)19-13-9-7-12(8-10-13)18(22)23-2/h3-10,20H,1-2H3,(H,19,21). The minimum atomic E-state index is -0.408. The summed E-state index contributed by atoms with van der Waals surface area (Å²) in [6.07, 6.45) is 0. The molecule has 23 heavy (non-hydrogen) atoms. The second-order valence-corrected chi connectivity index (χ2v) is 5.19. The maximum atomic E-state index is 12.4. The first-order valence-corrected chi connectivity index (χ1v) is 7.17. The lowest BCUT2D eigenvalue weighted by Crippen LogP contribution is -2.13. The monoisotopic (exact) mass is 308 g/mol. The van der Waals surface area contributed by atoms with Crippen molar-refractivity contribution in [1.29, 1.82) is 0 Å². The van der Waals surface area contributed by atoms with E-state index in [0.717, 1.165) is 16.5 Å². The van der Waals surface area contributed by atoms with Crippen molar-refractivity contribution in [1.82, 2.24) is 4.98 Å². The molecule has 0 fully saturated rings. The van der Waals surface area contributed by atoms with Crippen molar-refractivity contribution in [2.45, 2.75) is 6.92 Å². The molecule has 5 heteroatoms. The molecule has 0 saturated carbocycles. The first kappa shape index (κ1) is 14.8. The van der Waals surface area contributed by atoms with Gasteiger partial charge in [-0.15, -0.1) is 0 Å². The fourth-order valence-electron chi connectivity index (χ4n) is 2.51. The van der Waals surface area contributed by atoms with Gasteiger partial charge in [0, 0.05) is 16.6 Å². The van der Waals surface area contributed by atoms with Gasteiger partial charge in [0.25, 0.3) is 5.91 Å². The Balaban J connectivity index is 1.83. The highest BCUT2D eigenvalue weighted by molar-refractivity contribution is 6.08. The van der Waals surface area contributed by atoms with Crippen LogP contribution in [0.1, 0.15) is 26.4 Å². The van der Waals surface area contributed by atoms with E-state index in [2.05, 4.69) is 15.0 Å². The van der Waals surface area contributed by atoms with Crippen molar-refractivity contribution in [3.8, 4) is 0 Å². The molecule has 3 aromatic rings. The topological polar surface area (TPSA) is 71.2 Å². The summed E-state index contributed by atoms with van der Waals surface area (Å²) in [6.45, 7) is 1.91. The van der Waals surface area contributed by atoms with Gasteiger partial charge in [-0.1, -0.05) is 18.2 Å². The predicted molar refractivity (Wildman–Crippen MR) is 88.8 cm³/mol. The van der Waals surface area contributed by atoms with E-state index in [1.54, 1.807) is 24.3 Å². The van der Waals surface area contributed by atoms with Crippen LogP contribution in [0.4, 0.5) is 5.69 Å². The van der Waals surface area contributed by atoms with E-state index in [1.165, 1.54) is 7.11 Å². The van der Waals surface area contributed by atoms with Crippen molar-refractivity contribution in [3.05, 3.63) is 65.4 Å². The molecule has 5 nitrogen and oxygen atoms in total. The number of aromatic nitrogens is 1. The van der Waals surface area contributed by atoms with Gasteiger partial charge in [-0.3, -0.25) is 4.79 Å². The summed E-state index contributed by atoms with van der Waals surface area (Å²) in [5, 5.41) is 3.85. The number of anilines is 1. The molecular weight excluding hydrogens is 292 g/mol. The van der Waals surface area contributed by atoms with Crippen molar-refractivity contribution < 1.29 is 14.3 Å². The quantitative estimate of drug-likeness (QED) is 0.727. The number of aryl methyl sites for hydroxylation is 1. The Labute approximate surface area is 133 Å². The number of ether oxygens (including phenoxy) is 1. The van der Waals surface area contributed by atoms with Gasteiger partial charge >= 0.3 is 5.97 Å². The van der Waals surface area contributed by atoms with Crippen LogP contribution in [0.5, 0.6) is 0 Å². The molecule has 0 atom stereocenters. The van der Waals surface area contributed by atoms with Crippen LogP contribution in [0.25, 0.3) is 10.9 Å². The molecule has 0 saturated heterocycles. The Hall–Kier alpha value is -3.08. The fraction of sp³-hybridized carbons (Fsp3) is 0.111. The first-order valence-electron chi connectivity index (χ1n) is 7.17. The second kappa shape index (κ2) is 5.96. The highest BCUT2D eigenvalue weighted by Gasteiger charge is 2.14. The number of benzene rings is 2. The Kier molecular flexibility index (Phi) is 3.85. The van der Waals surface area contributed by atoms with Gasteiger partial charge < -0.3 is 15.0 Å². The number of fused-ring (bicyclic) bond motifs is 1. The number of hydrogen-bond donors (Lipinski definition) is 2. The smallest absolute Gasteiger partial charge is 0.337 e. The molecule has 116 valence electrons. The summed E-state index contributed by atoms with van der Waals surface area (Å²) < 4.78 is 4.64. The minimum Gasteiger partial charge on any atom is -0.465 e. The number of amides is 1. The summed E-state index contributed by atoms with van der Waals surface area (Å²) in [5.74, 6) is -0.626. The SMILES string of the molecule is COC(=O)c1ccc(NC(=O)c2[nH]c3ccccc3c2C)cc1. The molecule has 0 aliphatic rings. The van der Waals surface area contributed by atoms with E-state index in [0.29, 0.717) is 16.9 Å². The number of esters is 1. The van der Waals surface area contributed by atoms with Crippen LogP contribution in [0.3, 0.4) is 0 Å². The lowest BCUT2D eigenvalue weighted by Gasteiger charge is -2.06. The molecule has 0 aliphatic heterocycles. The van der Waals surface area contributed by atoms with Crippen LogP contribution in [-0.2, 0) is 4.74 Å². The number of methoxy groups -OCH3 is 1. The summed E-state index contributed by atoms with van der Waals surface area (Å²) in [4.78, 5) is 27.0. The normalized spacial score (nSPS) is 10.5. The van der Waals surface area contributed by atoms with Crippen molar-refractivity contribution in [2.24, 2.45) is 0 Å². The number of H-pyrrole nitrogens is 1. The maximum absolute atomic E-state index is 12.4. The van der Waals surface area contributed by atoms with Gasteiger partial charge in [0.15, 0.2) is 0 Å². The highest BCUT2D eigenvalue weighted by atomic mass is 16.5. The number of hydrogen-bond acceptors (Lipinski definition) is 3. The summed E-state index contributed by atoms with van der Waals surface area (Å²) in [7, 11) is 1.33. The lowest BCUT2D eigenvalue weighted by molar-refractivity contribution is 0.0600. The highest BCUT2D eigenvalue weighted by Crippen LogP contribution is 2.22. The fourth-order valence-corrected chi connectivity index (χ4v) is 2.51. The third-order valence-corrected chi connectivity index (χ3v) is 3.76. The Morgan fingerprint density at radius 3 is 2.39 bits per heavy atom. The lowest BCUT2D eigenvalue weighted by atomic mass is 10.1. The molecule has 1 aromatic heterocycles. The third-order valence-electron chi connectivity index (χ3n) is 3.76. The van der Waals surface area contributed by atoms with Crippen molar-refractivity contribution in [2.75, 3.05) is 12.4 Å². The Morgan fingerprint density at radius 1 is 1.04 bits per heavy atom. The molecule has 0 aliphatic carbocycles. The van der Waals surface area contributed by atoms with Gasteiger partial charge in [0.05, 0.1) is 12.7 Å². The van der Waals surface area contributed by atoms with E-state index in [9.17, 15) is 9.59 Å². The third kappa shape index (κ3) is 2.81. The van der Waals surface area contributed by atoms with E-state index < -0.39 is 5.97 Å². The van der Waals surface area contributed by atoms with Crippen molar-refractivity contribution >= 4 is 28.5 Å². The molecule has 3 rings (SSSR count). The van der Waals surface area contributed by atoms with Gasteiger partial charge in [-0.2, -0.15) is 0 Å². The molecule has 0 spiro atoms. The van der Waals surface area contributed by atoms with Gasteiger partial charge in [0.1, 0.15) is 5.69 Å². The average molecular weight is 308 g/mol. The van der Waals surface area contributed by atoms with Crippen LogP contribution in [0.15, 0.2) is 48.5 Å². The molecule has 1 heterocycles. The van der Waals surface area contributed by atoms with E-state index in [1.807, 2.05) is 31.2 Å². The van der Waals surface area contributed by atoms with Crippen LogP contribution >= 0.6 is 0 Å². The summed E-state index contributed by atoms with van der Waals surface area (Å²) in [6, 6.07) is 14.3. The number of nitrogens with one attached hydrogen (secondary N) is 2. The molecular formula is C18H16N2O3. The Morgan fingerprint density at radius 2 is 1.74 bits per heavy atom. The van der Waals surface area contributed by atoms with E-state index in [4.69, 9.17) is 0 Å². The largest absolute Gasteiger partial charge is 0.465 e. The van der Waals surface area contributed by atoms with Crippen LogP contribution in [0, 0.1) is 6.92 Å². The van der Waals surface area contributed by atoms with Gasteiger partial charge in [-0.05, 0) is 42.8 Å². The zero-order valence-corrected chi connectivity index (χ0v) is 12.8. The van der Waals surface area contributed by atoms with Crippen LogP contribution in [-0.4, -0.2) is 24.0 Å². The number of carbonyl (C=O) groups excluding carboxylic acids is 2. The minimum absolute atomic E-state index is 0.218. The summed E-state index contributed by atoms with van der Waals surface area (Å²) >= 11 is 0. The molecule has 2 aromatic carbocycles. The van der Waals surface area contributed by atoms with E-state index >= 15 is 0 Å². The molecule has 0 radical (unpaired) electrons. The molecule has 0 unspecified atom stereocenters. The Bertz CT molecular complexity index is 879. The molecule has 1 amide bonds. The number of rotatable bonds is 3. The maximum Gasteiger partial charge on any atom is 0.337 e. The van der Waals surface area contributed by atoms with Crippen LogP contribution < -0.4 is 5.32 Å². The van der Waals surface area contributed by atoms with Gasteiger partial charge in [0.2, 0.25) is 0 Å². The number of para-hydroxylation sites is 1. The van der Waals surface area contributed by atoms with Crippen LogP contribution in [0.2, 0.25) is 0 Å². The first-order chi connectivity index (χ1) is 11.1. The van der Waals surface area contributed by atoms with Gasteiger partial charge in [-0.25, -0.2) is 4.79 Å². The summed E-state index contributed by atoms with van der Waals surface area (Å²) in [5.41, 5.74) is 3.41. The second-order valence-electron chi connectivity index (χ2n) is 5.19. The average Bonchev–Trinajstić information content (AvgIpc) is 2.92.